The molecule has 0 saturated heterocycles. The number of aryl methyl sites for hydroxylation is 1. The lowest BCUT2D eigenvalue weighted by molar-refractivity contribution is -0.140. The van der Waals surface area contributed by atoms with E-state index in [1.165, 1.54) is 23.3 Å². The minimum atomic E-state index is -0.319. The van der Waals surface area contributed by atoms with Crippen molar-refractivity contribution in [3.63, 3.8) is 0 Å². The highest BCUT2D eigenvalue weighted by Crippen LogP contribution is 2.16. The summed E-state index contributed by atoms with van der Waals surface area (Å²) in [6.45, 7) is 2.36. The lowest BCUT2D eigenvalue weighted by Crippen LogP contribution is -2.25. The van der Waals surface area contributed by atoms with E-state index >= 15 is 0 Å². The summed E-state index contributed by atoms with van der Waals surface area (Å²) in [5.74, 6) is -0.450. The zero-order valence-corrected chi connectivity index (χ0v) is 10.2. The zero-order valence-electron chi connectivity index (χ0n) is 9.41. The molecule has 0 aromatic carbocycles. The van der Waals surface area contributed by atoms with Crippen LogP contribution in [0.3, 0.4) is 0 Å². The maximum Gasteiger partial charge on any atom is 0.307 e. The normalized spacial score (nSPS) is 9.88. The minimum Gasteiger partial charge on any atom is -0.469 e. The summed E-state index contributed by atoms with van der Waals surface area (Å²) in [4.78, 5) is 24.3. The molecule has 0 fully saturated rings. The van der Waals surface area contributed by atoms with Crippen molar-refractivity contribution in [3.05, 3.63) is 21.9 Å². The van der Waals surface area contributed by atoms with E-state index in [0.29, 0.717) is 11.4 Å². The van der Waals surface area contributed by atoms with E-state index in [1.54, 1.807) is 6.07 Å². The SMILES string of the molecule is CCc1ccc(C(=O)NCCC(=O)OC)s1. The second-order valence-corrected chi connectivity index (χ2v) is 4.37. The van der Waals surface area contributed by atoms with Gasteiger partial charge in [0.25, 0.3) is 5.91 Å². The maximum absolute atomic E-state index is 11.6. The van der Waals surface area contributed by atoms with Crippen molar-refractivity contribution < 1.29 is 14.3 Å². The fourth-order valence-electron chi connectivity index (χ4n) is 1.16. The van der Waals surface area contributed by atoms with Crippen molar-refractivity contribution in [2.45, 2.75) is 19.8 Å². The molecular formula is C11H15NO3S. The molecule has 0 radical (unpaired) electrons. The van der Waals surface area contributed by atoms with E-state index in [9.17, 15) is 9.59 Å². The van der Waals surface area contributed by atoms with Crippen LogP contribution in [0, 0.1) is 0 Å². The molecule has 1 amide bonds. The molecule has 5 heteroatoms. The van der Waals surface area contributed by atoms with E-state index in [1.807, 2.05) is 13.0 Å². The van der Waals surface area contributed by atoms with Gasteiger partial charge in [-0.05, 0) is 18.6 Å². The van der Waals surface area contributed by atoms with Gasteiger partial charge in [-0.25, -0.2) is 0 Å². The third kappa shape index (κ3) is 3.66. The van der Waals surface area contributed by atoms with Gasteiger partial charge in [0.2, 0.25) is 0 Å². The van der Waals surface area contributed by atoms with E-state index in [4.69, 9.17) is 0 Å². The molecular weight excluding hydrogens is 226 g/mol. The molecule has 1 N–H and O–H groups in total. The van der Waals surface area contributed by atoms with E-state index in [0.717, 1.165) is 6.42 Å². The Morgan fingerprint density at radius 2 is 2.19 bits per heavy atom. The Labute approximate surface area is 98.6 Å². The number of methoxy groups -OCH3 is 1. The number of amides is 1. The van der Waals surface area contributed by atoms with Gasteiger partial charge in [-0.15, -0.1) is 11.3 Å². The number of carbonyl (C=O) groups is 2. The summed E-state index contributed by atoms with van der Waals surface area (Å²) in [6.07, 6.45) is 1.13. The molecule has 0 aliphatic carbocycles. The predicted octanol–water partition coefficient (Wildman–Crippen LogP) is 1.60. The van der Waals surface area contributed by atoms with Crippen molar-refractivity contribution in [1.82, 2.24) is 5.32 Å². The molecule has 4 nitrogen and oxygen atoms in total. The Kier molecular flexibility index (Phi) is 4.98. The van der Waals surface area contributed by atoms with Crippen molar-refractivity contribution in [1.29, 1.82) is 0 Å². The molecule has 88 valence electrons. The first kappa shape index (κ1) is 12.7. The highest BCUT2D eigenvalue weighted by molar-refractivity contribution is 7.14. The molecule has 1 aromatic rings. The molecule has 0 unspecified atom stereocenters. The van der Waals surface area contributed by atoms with Crippen LogP contribution in [0.15, 0.2) is 12.1 Å². The maximum atomic E-state index is 11.6. The fourth-order valence-corrected chi connectivity index (χ4v) is 2.02. The molecule has 0 aliphatic heterocycles. The zero-order chi connectivity index (χ0) is 12.0. The van der Waals surface area contributed by atoms with Crippen LogP contribution >= 0.6 is 11.3 Å². The summed E-state index contributed by atoms with van der Waals surface area (Å²) < 4.78 is 4.47. The second kappa shape index (κ2) is 6.27. The van der Waals surface area contributed by atoms with Gasteiger partial charge in [-0.3, -0.25) is 9.59 Å². The molecule has 0 bridgehead atoms. The number of rotatable bonds is 5. The standard InChI is InChI=1S/C11H15NO3S/c1-3-8-4-5-9(16-8)11(14)12-7-6-10(13)15-2/h4-5H,3,6-7H2,1-2H3,(H,12,14). The van der Waals surface area contributed by atoms with E-state index in [2.05, 4.69) is 10.1 Å². The third-order valence-electron chi connectivity index (χ3n) is 2.08. The van der Waals surface area contributed by atoms with Gasteiger partial charge in [-0.1, -0.05) is 6.92 Å². The smallest absolute Gasteiger partial charge is 0.307 e. The Bertz CT molecular complexity index is 373. The largest absolute Gasteiger partial charge is 0.469 e. The Morgan fingerprint density at radius 3 is 2.75 bits per heavy atom. The van der Waals surface area contributed by atoms with Gasteiger partial charge < -0.3 is 10.1 Å². The molecule has 16 heavy (non-hydrogen) atoms. The van der Waals surface area contributed by atoms with Crippen LogP contribution in [-0.2, 0) is 16.0 Å². The minimum absolute atomic E-state index is 0.131. The lowest BCUT2D eigenvalue weighted by atomic mass is 10.3. The van der Waals surface area contributed by atoms with Crippen LogP contribution in [0.4, 0.5) is 0 Å². The molecule has 1 rings (SSSR count). The van der Waals surface area contributed by atoms with Crippen LogP contribution in [0.2, 0.25) is 0 Å². The first-order chi connectivity index (χ1) is 7.67. The van der Waals surface area contributed by atoms with Gasteiger partial charge in [0.1, 0.15) is 0 Å². The third-order valence-corrected chi connectivity index (χ3v) is 3.30. The summed E-state index contributed by atoms with van der Waals surface area (Å²) in [5, 5.41) is 2.67. The molecule has 1 heterocycles. The van der Waals surface area contributed by atoms with Gasteiger partial charge in [0.05, 0.1) is 18.4 Å². The highest BCUT2D eigenvalue weighted by Gasteiger charge is 2.08. The quantitative estimate of drug-likeness (QED) is 0.797. The predicted molar refractivity (Wildman–Crippen MR) is 62.7 cm³/mol. The van der Waals surface area contributed by atoms with Gasteiger partial charge in [0, 0.05) is 11.4 Å². The highest BCUT2D eigenvalue weighted by atomic mass is 32.1. The van der Waals surface area contributed by atoms with Crippen molar-refractivity contribution >= 4 is 23.2 Å². The average Bonchev–Trinajstić information content (AvgIpc) is 2.77. The molecule has 0 saturated carbocycles. The summed E-state index contributed by atoms with van der Waals surface area (Å²) in [6, 6.07) is 3.75. The number of esters is 1. The summed E-state index contributed by atoms with van der Waals surface area (Å²) in [5.41, 5.74) is 0. The lowest BCUT2D eigenvalue weighted by Gasteiger charge is -2.01. The fraction of sp³-hybridized carbons (Fsp3) is 0.455. The number of carbonyl (C=O) groups excluding carboxylic acids is 2. The van der Waals surface area contributed by atoms with Crippen molar-refractivity contribution in [2.24, 2.45) is 0 Å². The van der Waals surface area contributed by atoms with Crippen molar-refractivity contribution in [2.75, 3.05) is 13.7 Å². The summed E-state index contributed by atoms with van der Waals surface area (Å²) >= 11 is 1.48. The second-order valence-electron chi connectivity index (χ2n) is 3.20. The Balaban J connectivity index is 2.38. The number of hydrogen-bond acceptors (Lipinski definition) is 4. The van der Waals surface area contributed by atoms with Gasteiger partial charge in [0.15, 0.2) is 0 Å². The number of thiophene rings is 1. The number of nitrogens with one attached hydrogen (secondary N) is 1. The molecule has 0 spiro atoms. The first-order valence-electron chi connectivity index (χ1n) is 5.11. The molecule has 0 atom stereocenters. The number of hydrogen-bond donors (Lipinski definition) is 1. The van der Waals surface area contributed by atoms with Gasteiger partial charge in [-0.2, -0.15) is 0 Å². The van der Waals surface area contributed by atoms with Crippen LogP contribution in [0.5, 0.6) is 0 Å². The van der Waals surface area contributed by atoms with E-state index < -0.39 is 0 Å². The average molecular weight is 241 g/mol. The van der Waals surface area contributed by atoms with Crippen molar-refractivity contribution in [3.8, 4) is 0 Å². The van der Waals surface area contributed by atoms with Crippen LogP contribution < -0.4 is 5.32 Å². The summed E-state index contributed by atoms with van der Waals surface area (Å²) in [7, 11) is 1.33. The monoisotopic (exact) mass is 241 g/mol. The Morgan fingerprint density at radius 1 is 1.44 bits per heavy atom. The Hall–Kier alpha value is -1.36. The number of ether oxygens (including phenoxy) is 1. The van der Waals surface area contributed by atoms with Crippen LogP contribution in [-0.4, -0.2) is 25.5 Å². The van der Waals surface area contributed by atoms with Crippen LogP contribution in [0.25, 0.3) is 0 Å². The first-order valence-corrected chi connectivity index (χ1v) is 5.92. The molecule has 1 aromatic heterocycles. The topological polar surface area (TPSA) is 55.4 Å². The van der Waals surface area contributed by atoms with E-state index in [-0.39, 0.29) is 18.3 Å². The van der Waals surface area contributed by atoms with Crippen LogP contribution in [0.1, 0.15) is 27.9 Å². The molecule has 0 aliphatic rings. The van der Waals surface area contributed by atoms with Gasteiger partial charge >= 0.3 is 5.97 Å².